The number of rotatable bonds is 8. The molecule has 1 aromatic rings. The summed E-state index contributed by atoms with van der Waals surface area (Å²) in [5, 5.41) is 9.09. The number of aryl methyl sites for hydroxylation is 1. The third-order valence-electron chi connectivity index (χ3n) is 3.04. The Bertz CT molecular complexity index is 539. The normalized spacial score (nSPS) is 12.5. The molecule has 0 amide bonds. The van der Waals surface area contributed by atoms with Crippen LogP contribution in [-0.2, 0) is 16.5 Å². The Morgan fingerprint density at radius 3 is 2.29 bits per heavy atom. The van der Waals surface area contributed by atoms with Crippen LogP contribution < -0.4 is 29.6 Å². The van der Waals surface area contributed by atoms with Gasteiger partial charge in [-0.2, -0.15) is 0 Å². The maximum atomic E-state index is 11.7. The molecule has 0 spiro atoms. The summed E-state index contributed by atoms with van der Waals surface area (Å²) in [7, 11) is -4.84. The molecule has 0 radical (unpaired) electrons. The van der Waals surface area contributed by atoms with Gasteiger partial charge in [0.2, 0.25) is 0 Å². The average molecular weight is 322 g/mol. The number of benzene rings is 1. The summed E-state index contributed by atoms with van der Waals surface area (Å²) in [5.74, 6) is -0.558. The summed E-state index contributed by atoms with van der Waals surface area (Å²) in [6.45, 7) is 2.12. The molecular weight excluding hydrogens is 303 g/mol. The van der Waals surface area contributed by atoms with Crippen LogP contribution in [0.2, 0.25) is 0 Å². The topological polar surface area (TPSA) is 94.5 Å². The van der Waals surface area contributed by atoms with Gasteiger partial charge >= 0.3 is 29.6 Å². The summed E-state index contributed by atoms with van der Waals surface area (Å²) >= 11 is 0. The quantitative estimate of drug-likeness (QED) is 0.283. The van der Waals surface area contributed by atoms with Crippen LogP contribution in [0.1, 0.15) is 48.5 Å². The van der Waals surface area contributed by atoms with E-state index in [0.717, 1.165) is 31.2 Å². The van der Waals surface area contributed by atoms with Crippen LogP contribution in [0.15, 0.2) is 24.3 Å². The Morgan fingerprint density at radius 2 is 1.81 bits per heavy atom. The minimum Gasteiger partial charge on any atom is -0.746 e. The fraction of sp³-hybridized carbons (Fsp3) is 0.500. The van der Waals surface area contributed by atoms with E-state index in [0.29, 0.717) is 5.56 Å². The van der Waals surface area contributed by atoms with Crippen molar-refractivity contribution >= 4 is 15.9 Å². The zero-order valence-corrected chi connectivity index (χ0v) is 15.2. The van der Waals surface area contributed by atoms with Crippen molar-refractivity contribution in [2.24, 2.45) is 0 Å². The van der Waals surface area contributed by atoms with Crippen LogP contribution in [0.5, 0.6) is 0 Å². The van der Waals surface area contributed by atoms with Gasteiger partial charge in [0, 0.05) is 5.56 Å². The van der Waals surface area contributed by atoms with E-state index in [1.807, 2.05) is 0 Å². The molecule has 0 saturated carbocycles. The first-order valence-corrected chi connectivity index (χ1v) is 8.06. The van der Waals surface area contributed by atoms with Crippen molar-refractivity contribution in [2.75, 3.05) is 0 Å². The second-order valence-corrected chi connectivity index (χ2v) is 6.26. The first-order valence-electron chi connectivity index (χ1n) is 6.59. The second kappa shape index (κ2) is 9.71. The molecule has 1 N–H and O–H groups in total. The van der Waals surface area contributed by atoms with E-state index in [-0.39, 0.29) is 29.6 Å². The van der Waals surface area contributed by atoms with Crippen LogP contribution >= 0.6 is 0 Å². The number of hydrogen-bond acceptors (Lipinski definition) is 5. The van der Waals surface area contributed by atoms with Crippen molar-refractivity contribution in [1.82, 2.24) is 0 Å². The van der Waals surface area contributed by atoms with E-state index in [1.54, 1.807) is 24.3 Å². The van der Waals surface area contributed by atoms with E-state index >= 15 is 0 Å². The van der Waals surface area contributed by atoms with Crippen molar-refractivity contribution in [1.29, 1.82) is 0 Å². The second-order valence-electron chi connectivity index (χ2n) is 4.73. The molecule has 0 aliphatic carbocycles. The molecule has 0 aromatic heterocycles. The molecule has 0 heterocycles. The first kappa shape index (κ1) is 20.8. The van der Waals surface area contributed by atoms with E-state index in [2.05, 4.69) is 6.92 Å². The third kappa shape index (κ3) is 7.54. The molecule has 5 nitrogen and oxygen atoms in total. The van der Waals surface area contributed by atoms with Gasteiger partial charge in [-0.25, -0.2) is 8.42 Å². The molecule has 1 unspecified atom stereocenters. The molecule has 21 heavy (non-hydrogen) atoms. The number of hydrogen-bond donors (Lipinski definition) is 1. The fourth-order valence-electron chi connectivity index (χ4n) is 1.81. The number of carbonyl (C=O) groups is 1. The first-order chi connectivity index (χ1) is 9.34. The van der Waals surface area contributed by atoms with Gasteiger partial charge in [-0.15, -0.1) is 0 Å². The van der Waals surface area contributed by atoms with E-state index in [9.17, 15) is 17.8 Å². The van der Waals surface area contributed by atoms with Gasteiger partial charge in [0.15, 0.2) is 11.2 Å². The molecule has 1 aromatic carbocycles. The predicted molar refractivity (Wildman–Crippen MR) is 74.3 cm³/mol. The number of Topliss-reactive ketones (excluding diaryl/α,β-unsaturated/α-hetero) is 1. The van der Waals surface area contributed by atoms with Crippen LogP contribution in [0.4, 0.5) is 0 Å². The van der Waals surface area contributed by atoms with Gasteiger partial charge in [-0.05, 0) is 18.4 Å². The summed E-state index contributed by atoms with van der Waals surface area (Å²) in [6, 6.07) is 6.80. The molecule has 0 bridgehead atoms. The van der Waals surface area contributed by atoms with E-state index in [4.69, 9.17) is 5.11 Å². The molecule has 112 valence electrons. The summed E-state index contributed by atoms with van der Waals surface area (Å²) in [4.78, 5) is 11.7. The zero-order chi connectivity index (χ0) is 15.2. The Balaban J connectivity index is 0.00000400. The summed E-state index contributed by atoms with van der Waals surface area (Å²) in [6.07, 6.45) is 3.59. The maximum absolute atomic E-state index is 11.7. The molecular formula is C14H19NaO5S. The van der Waals surface area contributed by atoms with Gasteiger partial charge in [-0.3, -0.25) is 4.79 Å². The largest absolute Gasteiger partial charge is 1.00 e. The van der Waals surface area contributed by atoms with Crippen molar-refractivity contribution in [3.05, 3.63) is 35.4 Å². The van der Waals surface area contributed by atoms with Crippen LogP contribution in [0.3, 0.4) is 0 Å². The third-order valence-corrected chi connectivity index (χ3v) is 3.87. The minimum atomic E-state index is -4.84. The molecule has 0 aliphatic rings. The van der Waals surface area contributed by atoms with Gasteiger partial charge in [-0.1, -0.05) is 44.0 Å². The van der Waals surface area contributed by atoms with E-state index < -0.39 is 27.8 Å². The van der Waals surface area contributed by atoms with Crippen LogP contribution in [0, 0.1) is 0 Å². The summed E-state index contributed by atoms with van der Waals surface area (Å²) < 4.78 is 31.6. The van der Waals surface area contributed by atoms with Crippen LogP contribution in [0.25, 0.3) is 0 Å². The van der Waals surface area contributed by atoms with Crippen molar-refractivity contribution in [3.63, 3.8) is 0 Å². The number of unbranched alkanes of at least 4 members (excludes halogenated alkanes) is 2. The van der Waals surface area contributed by atoms with Gasteiger partial charge < -0.3 is 9.66 Å². The smallest absolute Gasteiger partial charge is 0.746 e. The average Bonchev–Trinajstić information content (AvgIpc) is 2.38. The molecule has 1 rings (SSSR count). The number of carbonyl (C=O) groups excluding carboxylic acids is 1. The fourth-order valence-corrected chi connectivity index (χ4v) is 2.17. The zero-order valence-electron chi connectivity index (χ0n) is 12.4. The van der Waals surface area contributed by atoms with Crippen molar-refractivity contribution in [3.8, 4) is 0 Å². The van der Waals surface area contributed by atoms with Gasteiger partial charge in [0.1, 0.15) is 10.1 Å². The molecule has 1 atom stereocenters. The van der Waals surface area contributed by atoms with Crippen LogP contribution in [-0.4, -0.2) is 29.3 Å². The molecule has 0 fully saturated rings. The maximum Gasteiger partial charge on any atom is 1.00 e. The monoisotopic (exact) mass is 322 g/mol. The molecule has 0 saturated heterocycles. The Kier molecular flexibility index (Phi) is 9.60. The SMILES string of the molecule is CCCCCc1ccc(C(=O)CC(O)S(=O)(=O)[O-])cc1.[Na+]. The molecule has 7 heteroatoms. The Morgan fingerprint density at radius 1 is 1.24 bits per heavy atom. The van der Waals surface area contributed by atoms with E-state index in [1.165, 1.54) is 0 Å². The minimum absolute atomic E-state index is 0. The van der Waals surface area contributed by atoms with Crippen molar-refractivity contribution < 1.29 is 52.4 Å². The van der Waals surface area contributed by atoms with Crippen molar-refractivity contribution in [2.45, 2.75) is 44.5 Å². The standard InChI is InChI=1S/C14H20O5S.Na/c1-2-3-4-5-11-6-8-12(9-7-11)13(15)10-14(16)20(17,18)19;/h6-9,14,16H,2-5,10H2,1H3,(H,17,18,19);/q;+1/p-1. The predicted octanol–water partition coefficient (Wildman–Crippen LogP) is -1.14. The number of aliphatic hydroxyl groups excluding tert-OH is 1. The summed E-state index contributed by atoms with van der Waals surface area (Å²) in [5.41, 5.74) is -0.779. The number of ketones is 1. The Labute approximate surface area is 147 Å². The molecule has 0 aliphatic heterocycles. The number of aliphatic hydroxyl groups is 1. The van der Waals surface area contributed by atoms with Gasteiger partial charge in [0.25, 0.3) is 0 Å². The Hall–Kier alpha value is -0.240. The van der Waals surface area contributed by atoms with Gasteiger partial charge in [0.05, 0.1) is 6.42 Å².